The third-order valence-corrected chi connectivity index (χ3v) is 6.01. The van der Waals surface area contributed by atoms with Crippen LogP contribution in [0, 0.1) is 0 Å². The van der Waals surface area contributed by atoms with Crippen molar-refractivity contribution in [2.75, 3.05) is 31.8 Å². The molecule has 0 saturated heterocycles. The van der Waals surface area contributed by atoms with Crippen LogP contribution in [0.5, 0.6) is 5.75 Å². The largest absolute Gasteiger partial charge is 0.489 e. The Morgan fingerprint density at radius 2 is 1.88 bits per heavy atom. The zero-order valence-corrected chi connectivity index (χ0v) is 23.2. The number of carbonyl (C=O) groups is 3. The molecule has 3 rings (SSSR count). The molecular weight excluding hydrogens is 555 g/mol. The molecule has 2 aromatic carbocycles. The molecule has 0 unspecified atom stereocenters. The number of carbonyl (C=O) groups excluding carboxylic acids is 3. The van der Waals surface area contributed by atoms with Gasteiger partial charge >= 0.3 is 12.3 Å². The van der Waals surface area contributed by atoms with Crippen molar-refractivity contribution in [3.05, 3.63) is 58.6 Å². The average molecular weight is 586 g/mol. The van der Waals surface area contributed by atoms with Crippen molar-refractivity contribution in [3.8, 4) is 5.75 Å². The highest BCUT2D eigenvalue weighted by atomic mass is 35.5. The number of nitrogens with zero attached hydrogens (tertiary/aromatic N) is 1. The van der Waals surface area contributed by atoms with Crippen LogP contribution in [-0.4, -0.2) is 62.5 Å². The number of ether oxygens (including phenoxy) is 3. The van der Waals surface area contributed by atoms with Crippen LogP contribution in [0.25, 0.3) is 0 Å². The fourth-order valence-corrected chi connectivity index (χ4v) is 4.18. The van der Waals surface area contributed by atoms with Crippen LogP contribution in [0.2, 0.25) is 5.02 Å². The number of fused-ring (bicyclic) bond motifs is 1. The summed E-state index contributed by atoms with van der Waals surface area (Å²) in [6, 6.07) is 6.66. The third kappa shape index (κ3) is 8.25. The molecule has 0 fully saturated rings. The summed E-state index contributed by atoms with van der Waals surface area (Å²) < 4.78 is 57.1. The summed E-state index contributed by atoms with van der Waals surface area (Å²) in [5, 5.41) is 5.24. The molecule has 0 aliphatic carbocycles. The SMILES string of the molecule is COCCN1C(=O)[C@H](NC(=O)[C@@H](Cc2ccccc2C(F)(F)F)NC(=O)OC(C)(C)C)COc2cc(Cl)ccc21. The molecule has 0 saturated carbocycles. The van der Waals surface area contributed by atoms with Crippen LogP contribution >= 0.6 is 11.6 Å². The summed E-state index contributed by atoms with van der Waals surface area (Å²) in [7, 11) is 1.46. The number of hydrogen-bond donors (Lipinski definition) is 2. The summed E-state index contributed by atoms with van der Waals surface area (Å²) in [4.78, 5) is 40.9. The number of halogens is 4. The lowest BCUT2D eigenvalue weighted by atomic mass is 9.99. The van der Waals surface area contributed by atoms with Gasteiger partial charge in [0.15, 0.2) is 0 Å². The van der Waals surface area contributed by atoms with Crippen molar-refractivity contribution in [1.29, 1.82) is 0 Å². The summed E-state index contributed by atoms with van der Waals surface area (Å²) in [5.41, 5.74) is -1.70. The molecule has 2 N–H and O–H groups in total. The van der Waals surface area contributed by atoms with E-state index in [-0.39, 0.29) is 25.3 Å². The summed E-state index contributed by atoms with van der Waals surface area (Å²) in [6.45, 7) is 4.80. The van der Waals surface area contributed by atoms with E-state index >= 15 is 0 Å². The van der Waals surface area contributed by atoms with Gasteiger partial charge in [-0.2, -0.15) is 13.2 Å². The fourth-order valence-electron chi connectivity index (χ4n) is 4.02. The molecule has 40 heavy (non-hydrogen) atoms. The minimum atomic E-state index is -4.69. The topological polar surface area (TPSA) is 106 Å². The molecule has 218 valence electrons. The van der Waals surface area contributed by atoms with Gasteiger partial charge in [0.05, 0.1) is 17.9 Å². The quantitative estimate of drug-likeness (QED) is 0.477. The second-order valence-corrected chi connectivity index (χ2v) is 10.5. The first kappa shape index (κ1) is 31.0. The van der Waals surface area contributed by atoms with Crippen LogP contribution in [-0.2, 0) is 31.7 Å². The molecule has 1 aliphatic rings. The highest BCUT2D eigenvalue weighted by molar-refractivity contribution is 6.30. The lowest BCUT2D eigenvalue weighted by Crippen LogP contribution is -2.57. The molecule has 0 bridgehead atoms. The summed E-state index contributed by atoms with van der Waals surface area (Å²) in [6.07, 6.45) is -6.22. The monoisotopic (exact) mass is 585 g/mol. The molecule has 2 atom stereocenters. The number of amides is 3. The van der Waals surface area contributed by atoms with Crippen molar-refractivity contribution in [2.24, 2.45) is 0 Å². The van der Waals surface area contributed by atoms with E-state index < -0.39 is 53.8 Å². The van der Waals surface area contributed by atoms with Crippen LogP contribution < -0.4 is 20.3 Å². The van der Waals surface area contributed by atoms with Crippen LogP contribution in [0.15, 0.2) is 42.5 Å². The van der Waals surface area contributed by atoms with E-state index in [2.05, 4.69) is 10.6 Å². The van der Waals surface area contributed by atoms with E-state index in [0.29, 0.717) is 16.5 Å². The number of hydrogen-bond acceptors (Lipinski definition) is 6. The number of alkyl halides is 3. The normalized spacial score (nSPS) is 16.4. The van der Waals surface area contributed by atoms with Gasteiger partial charge in [0.1, 0.15) is 30.0 Å². The zero-order valence-electron chi connectivity index (χ0n) is 22.4. The highest BCUT2D eigenvalue weighted by Crippen LogP contribution is 2.34. The molecular formula is C27H31ClF3N3O6. The maximum absolute atomic E-state index is 13.7. The third-order valence-electron chi connectivity index (χ3n) is 5.77. The van der Waals surface area contributed by atoms with Crippen LogP contribution in [0.1, 0.15) is 31.9 Å². The summed E-state index contributed by atoms with van der Waals surface area (Å²) in [5.74, 6) is -1.14. The Hall–Kier alpha value is -3.51. The minimum absolute atomic E-state index is 0.123. The van der Waals surface area contributed by atoms with Crippen molar-refractivity contribution in [2.45, 2.75) is 51.1 Å². The Balaban J connectivity index is 1.89. The van der Waals surface area contributed by atoms with Gasteiger partial charge in [-0.15, -0.1) is 0 Å². The van der Waals surface area contributed by atoms with Gasteiger partial charge in [0.2, 0.25) is 5.91 Å². The predicted octanol–water partition coefficient (Wildman–Crippen LogP) is 4.35. The van der Waals surface area contributed by atoms with Gasteiger partial charge < -0.3 is 29.7 Å². The Labute approximate surface area is 234 Å². The smallest absolute Gasteiger partial charge is 0.416 e. The number of benzene rings is 2. The van der Waals surface area contributed by atoms with Crippen LogP contribution in [0.3, 0.4) is 0 Å². The maximum atomic E-state index is 13.7. The van der Waals surface area contributed by atoms with Crippen molar-refractivity contribution in [1.82, 2.24) is 10.6 Å². The first-order valence-corrected chi connectivity index (χ1v) is 12.7. The van der Waals surface area contributed by atoms with E-state index in [0.717, 1.165) is 6.07 Å². The second kappa shape index (κ2) is 12.8. The Morgan fingerprint density at radius 3 is 2.52 bits per heavy atom. The number of anilines is 1. The van der Waals surface area contributed by atoms with Gasteiger partial charge in [0.25, 0.3) is 5.91 Å². The Morgan fingerprint density at radius 1 is 1.18 bits per heavy atom. The minimum Gasteiger partial charge on any atom is -0.489 e. The Bertz CT molecular complexity index is 1230. The molecule has 0 radical (unpaired) electrons. The standard InChI is InChI=1S/C27H31ClF3N3O6/c1-26(2,3)40-25(37)33-19(13-16-7-5-6-8-18(16)27(29,30)31)23(35)32-20-15-39-22-14-17(28)9-10-21(22)34(24(20)36)11-12-38-4/h5-10,14,19-20H,11-13,15H2,1-4H3,(H,32,35)(H,33,37)/t19-,20-/m1/s1. The van der Waals surface area contributed by atoms with Crippen molar-refractivity contribution >= 4 is 35.2 Å². The lowest BCUT2D eigenvalue weighted by Gasteiger charge is -2.27. The number of alkyl carbamates (subject to hydrolysis) is 1. The van der Waals surface area contributed by atoms with Gasteiger partial charge in [0, 0.05) is 31.2 Å². The van der Waals surface area contributed by atoms with Gasteiger partial charge in [-0.3, -0.25) is 9.59 Å². The molecule has 1 aliphatic heterocycles. The molecule has 0 spiro atoms. The van der Waals surface area contributed by atoms with Gasteiger partial charge in [-0.1, -0.05) is 29.8 Å². The van der Waals surface area contributed by atoms with E-state index in [1.807, 2.05) is 0 Å². The average Bonchev–Trinajstić information content (AvgIpc) is 2.97. The number of rotatable bonds is 8. The van der Waals surface area contributed by atoms with Crippen molar-refractivity contribution < 1.29 is 41.8 Å². The molecule has 1 heterocycles. The maximum Gasteiger partial charge on any atom is 0.416 e. The van der Waals surface area contributed by atoms with Crippen LogP contribution in [0.4, 0.5) is 23.7 Å². The first-order valence-electron chi connectivity index (χ1n) is 12.4. The molecule has 9 nitrogen and oxygen atoms in total. The second-order valence-electron chi connectivity index (χ2n) is 10.0. The zero-order chi connectivity index (χ0) is 29.7. The van der Waals surface area contributed by atoms with E-state index in [1.165, 1.54) is 36.3 Å². The fraction of sp³-hybridized carbons (Fsp3) is 0.444. The number of nitrogens with one attached hydrogen (secondary N) is 2. The molecule has 2 aromatic rings. The van der Waals surface area contributed by atoms with E-state index in [1.54, 1.807) is 32.9 Å². The van der Waals surface area contributed by atoms with Gasteiger partial charge in [-0.25, -0.2) is 4.79 Å². The highest BCUT2D eigenvalue weighted by Gasteiger charge is 2.37. The predicted molar refractivity (Wildman–Crippen MR) is 141 cm³/mol. The number of methoxy groups -OCH3 is 1. The molecule has 13 heteroatoms. The lowest BCUT2D eigenvalue weighted by molar-refractivity contribution is -0.138. The Kier molecular flexibility index (Phi) is 9.91. The molecule has 0 aromatic heterocycles. The first-order chi connectivity index (χ1) is 18.7. The van der Waals surface area contributed by atoms with E-state index in [9.17, 15) is 27.6 Å². The van der Waals surface area contributed by atoms with Crippen molar-refractivity contribution in [3.63, 3.8) is 0 Å². The van der Waals surface area contributed by atoms with E-state index in [4.69, 9.17) is 25.8 Å². The van der Waals surface area contributed by atoms with Gasteiger partial charge in [-0.05, 0) is 44.5 Å². The summed E-state index contributed by atoms with van der Waals surface area (Å²) >= 11 is 6.09. The molecule has 3 amide bonds.